The van der Waals surface area contributed by atoms with Crippen molar-refractivity contribution in [2.45, 2.75) is 47.0 Å². The van der Waals surface area contributed by atoms with Crippen LogP contribution in [0.1, 0.15) is 47.0 Å². The second kappa shape index (κ2) is 7.10. The van der Waals surface area contributed by atoms with Gasteiger partial charge in [-0.25, -0.2) is 0 Å². The lowest BCUT2D eigenvalue weighted by molar-refractivity contribution is -0.123. The summed E-state index contributed by atoms with van der Waals surface area (Å²) in [5.41, 5.74) is 0.0677. The zero-order chi connectivity index (χ0) is 11.9. The van der Waals surface area contributed by atoms with E-state index in [2.05, 4.69) is 33.0 Å². The summed E-state index contributed by atoms with van der Waals surface area (Å²) in [5, 5.41) is 2.98. The maximum Gasteiger partial charge on any atom is 0.220 e. The molecule has 0 rings (SSSR count). The average Bonchev–Trinajstić information content (AvgIpc) is 2.09. The fraction of sp³-hybridized carbons (Fsp3) is 0.917. The van der Waals surface area contributed by atoms with Crippen molar-refractivity contribution in [1.29, 1.82) is 0 Å². The van der Waals surface area contributed by atoms with Gasteiger partial charge in [0.15, 0.2) is 0 Å². The molecule has 90 valence electrons. The van der Waals surface area contributed by atoms with E-state index >= 15 is 0 Å². The highest BCUT2D eigenvalue weighted by Crippen LogP contribution is 2.18. The molecule has 0 saturated carbocycles. The number of carbonyl (C=O) groups is 1. The van der Waals surface area contributed by atoms with Crippen molar-refractivity contribution in [3.05, 3.63) is 0 Å². The van der Waals surface area contributed by atoms with Crippen molar-refractivity contribution < 1.29 is 4.79 Å². The van der Waals surface area contributed by atoms with Crippen LogP contribution in [0.25, 0.3) is 0 Å². The zero-order valence-corrected chi connectivity index (χ0v) is 11.2. The molecule has 0 bridgehead atoms. The maximum absolute atomic E-state index is 11.5. The normalized spacial score (nSPS) is 13.7. The summed E-state index contributed by atoms with van der Waals surface area (Å²) in [6.45, 7) is 9.11. The molecule has 0 fully saturated rings. The molecule has 0 aromatic heterocycles. The number of amides is 1. The first-order valence-electron chi connectivity index (χ1n) is 5.71. The molecular formula is C12H24ClNO. The molecule has 0 aromatic rings. The van der Waals surface area contributed by atoms with Gasteiger partial charge in [-0.1, -0.05) is 34.1 Å². The van der Waals surface area contributed by atoms with E-state index in [4.69, 9.17) is 11.6 Å². The van der Waals surface area contributed by atoms with E-state index in [1.165, 1.54) is 0 Å². The van der Waals surface area contributed by atoms with Gasteiger partial charge in [0.2, 0.25) is 5.91 Å². The van der Waals surface area contributed by atoms with Gasteiger partial charge in [0, 0.05) is 18.8 Å². The molecule has 2 nitrogen and oxygen atoms in total. The van der Waals surface area contributed by atoms with Gasteiger partial charge in [-0.2, -0.15) is 0 Å². The van der Waals surface area contributed by atoms with Crippen LogP contribution in [-0.4, -0.2) is 18.3 Å². The van der Waals surface area contributed by atoms with Gasteiger partial charge in [0.1, 0.15) is 0 Å². The molecule has 0 saturated heterocycles. The molecule has 1 amide bonds. The maximum atomic E-state index is 11.5. The molecule has 1 unspecified atom stereocenters. The number of alkyl halides is 1. The van der Waals surface area contributed by atoms with Crippen LogP contribution in [-0.2, 0) is 4.79 Å². The highest BCUT2D eigenvalue weighted by Gasteiger charge is 2.16. The SMILES string of the molecule is CCC(CCCl)CNC(=O)CC(C)(C)C. The largest absolute Gasteiger partial charge is 0.356 e. The number of rotatable bonds is 6. The number of hydrogen-bond donors (Lipinski definition) is 1. The van der Waals surface area contributed by atoms with Crippen LogP contribution in [0, 0.1) is 11.3 Å². The molecule has 0 aromatic carbocycles. The van der Waals surface area contributed by atoms with E-state index in [-0.39, 0.29) is 11.3 Å². The van der Waals surface area contributed by atoms with Gasteiger partial charge in [-0.3, -0.25) is 4.79 Å². The molecule has 3 heteroatoms. The van der Waals surface area contributed by atoms with Crippen molar-refractivity contribution in [2.75, 3.05) is 12.4 Å². The van der Waals surface area contributed by atoms with Crippen molar-refractivity contribution >= 4 is 17.5 Å². The third kappa shape index (κ3) is 8.73. The van der Waals surface area contributed by atoms with Crippen molar-refractivity contribution in [3.8, 4) is 0 Å². The second-order valence-corrected chi connectivity index (χ2v) is 5.67. The van der Waals surface area contributed by atoms with Crippen LogP contribution < -0.4 is 5.32 Å². The molecule has 0 aliphatic rings. The molecule has 0 radical (unpaired) electrons. The van der Waals surface area contributed by atoms with Crippen LogP contribution in [0.4, 0.5) is 0 Å². The molecule has 1 atom stereocenters. The monoisotopic (exact) mass is 233 g/mol. The molecule has 1 N–H and O–H groups in total. The predicted octanol–water partition coefficient (Wildman–Crippen LogP) is 3.19. The Labute approximate surface area is 98.8 Å². The van der Waals surface area contributed by atoms with E-state index in [0.29, 0.717) is 18.2 Å². The third-order valence-corrected chi connectivity index (χ3v) is 2.59. The summed E-state index contributed by atoms with van der Waals surface area (Å²) in [6, 6.07) is 0. The number of halogens is 1. The highest BCUT2D eigenvalue weighted by molar-refractivity contribution is 6.17. The van der Waals surface area contributed by atoms with Gasteiger partial charge in [0.05, 0.1) is 0 Å². The molecule has 0 spiro atoms. The second-order valence-electron chi connectivity index (χ2n) is 5.29. The number of carbonyl (C=O) groups excluding carboxylic acids is 1. The highest BCUT2D eigenvalue weighted by atomic mass is 35.5. The van der Waals surface area contributed by atoms with Crippen molar-refractivity contribution in [3.63, 3.8) is 0 Å². The van der Waals surface area contributed by atoms with Gasteiger partial charge in [0.25, 0.3) is 0 Å². The summed E-state index contributed by atoms with van der Waals surface area (Å²) < 4.78 is 0. The Hall–Kier alpha value is -0.240. The standard InChI is InChI=1S/C12H24ClNO/c1-5-10(6-7-13)9-14-11(15)8-12(2,3)4/h10H,5-9H2,1-4H3,(H,14,15). The first-order chi connectivity index (χ1) is 6.89. The summed E-state index contributed by atoms with van der Waals surface area (Å²) in [7, 11) is 0. The molecule has 0 aliphatic carbocycles. The number of hydrogen-bond acceptors (Lipinski definition) is 1. The van der Waals surface area contributed by atoms with E-state index in [1.54, 1.807) is 0 Å². The Kier molecular flexibility index (Phi) is 6.99. The van der Waals surface area contributed by atoms with Crippen LogP contribution in [0.2, 0.25) is 0 Å². The molecule has 0 heterocycles. The topological polar surface area (TPSA) is 29.1 Å². The lowest BCUT2D eigenvalue weighted by Crippen LogP contribution is -2.31. The Morgan fingerprint density at radius 1 is 1.40 bits per heavy atom. The van der Waals surface area contributed by atoms with Crippen molar-refractivity contribution in [1.82, 2.24) is 5.32 Å². The van der Waals surface area contributed by atoms with E-state index in [1.807, 2.05) is 0 Å². The minimum Gasteiger partial charge on any atom is -0.356 e. The minimum absolute atomic E-state index is 0.0677. The van der Waals surface area contributed by atoms with Gasteiger partial charge < -0.3 is 5.32 Å². The molecule has 0 aliphatic heterocycles. The first kappa shape index (κ1) is 14.8. The summed E-state index contributed by atoms with van der Waals surface area (Å²) in [5.74, 6) is 1.34. The van der Waals surface area contributed by atoms with E-state index in [9.17, 15) is 4.79 Å². The van der Waals surface area contributed by atoms with Crippen LogP contribution in [0.3, 0.4) is 0 Å². The molecular weight excluding hydrogens is 210 g/mol. The fourth-order valence-corrected chi connectivity index (χ4v) is 1.72. The van der Waals surface area contributed by atoms with Crippen molar-refractivity contribution in [2.24, 2.45) is 11.3 Å². The first-order valence-corrected chi connectivity index (χ1v) is 6.25. The lowest BCUT2D eigenvalue weighted by atomic mass is 9.92. The summed E-state index contributed by atoms with van der Waals surface area (Å²) in [6.07, 6.45) is 2.64. The summed E-state index contributed by atoms with van der Waals surface area (Å²) in [4.78, 5) is 11.5. The Balaban J connectivity index is 3.78. The Morgan fingerprint density at radius 2 is 2.00 bits per heavy atom. The van der Waals surface area contributed by atoms with Crippen LogP contribution >= 0.6 is 11.6 Å². The Morgan fingerprint density at radius 3 is 2.40 bits per heavy atom. The Bertz CT molecular complexity index is 187. The van der Waals surface area contributed by atoms with Gasteiger partial charge in [-0.05, 0) is 17.8 Å². The van der Waals surface area contributed by atoms with E-state index < -0.39 is 0 Å². The predicted molar refractivity (Wildman–Crippen MR) is 66.2 cm³/mol. The fourth-order valence-electron chi connectivity index (χ4n) is 1.41. The third-order valence-electron chi connectivity index (χ3n) is 2.37. The van der Waals surface area contributed by atoms with Gasteiger partial charge >= 0.3 is 0 Å². The smallest absolute Gasteiger partial charge is 0.220 e. The number of nitrogens with one attached hydrogen (secondary N) is 1. The van der Waals surface area contributed by atoms with Crippen LogP contribution in [0.5, 0.6) is 0 Å². The zero-order valence-electron chi connectivity index (χ0n) is 10.4. The lowest BCUT2D eigenvalue weighted by Gasteiger charge is -2.19. The van der Waals surface area contributed by atoms with E-state index in [0.717, 1.165) is 19.4 Å². The molecule has 15 heavy (non-hydrogen) atoms. The average molecular weight is 234 g/mol. The quantitative estimate of drug-likeness (QED) is 0.702. The van der Waals surface area contributed by atoms with Gasteiger partial charge in [-0.15, -0.1) is 11.6 Å². The summed E-state index contributed by atoms with van der Waals surface area (Å²) >= 11 is 5.68. The van der Waals surface area contributed by atoms with Crippen LogP contribution in [0.15, 0.2) is 0 Å². The minimum atomic E-state index is 0.0677.